The summed E-state index contributed by atoms with van der Waals surface area (Å²) in [4.78, 5) is 15.5. The van der Waals surface area contributed by atoms with Crippen LogP contribution in [0.5, 0.6) is 0 Å². The first kappa shape index (κ1) is 12.2. The summed E-state index contributed by atoms with van der Waals surface area (Å²) in [7, 11) is 0. The van der Waals surface area contributed by atoms with E-state index in [1.807, 2.05) is 5.38 Å². The molecule has 1 amide bonds. The molecule has 4 heteroatoms. The third-order valence-corrected chi connectivity index (χ3v) is 5.15. The Labute approximate surface area is 112 Å². The number of piperidine rings is 1. The molecule has 2 fully saturated rings. The molecule has 1 N–H and O–H groups in total. The van der Waals surface area contributed by atoms with Crippen molar-refractivity contribution >= 4 is 17.2 Å². The minimum Gasteiger partial charge on any atom is -0.336 e. The van der Waals surface area contributed by atoms with Crippen LogP contribution in [0, 0.1) is 5.92 Å². The summed E-state index contributed by atoms with van der Waals surface area (Å²) < 4.78 is 0. The van der Waals surface area contributed by atoms with Gasteiger partial charge in [0.2, 0.25) is 0 Å². The van der Waals surface area contributed by atoms with Gasteiger partial charge in [0, 0.05) is 19.1 Å². The Morgan fingerprint density at radius 2 is 2.44 bits per heavy atom. The van der Waals surface area contributed by atoms with E-state index in [0.717, 1.165) is 30.9 Å². The molecule has 0 saturated carbocycles. The summed E-state index contributed by atoms with van der Waals surface area (Å²) >= 11 is 1.59. The van der Waals surface area contributed by atoms with E-state index in [0.29, 0.717) is 12.0 Å². The number of amides is 1. The van der Waals surface area contributed by atoms with E-state index >= 15 is 0 Å². The van der Waals surface area contributed by atoms with Crippen LogP contribution in [0.15, 0.2) is 11.4 Å². The molecule has 1 aromatic rings. The Balaban J connectivity index is 1.74. The van der Waals surface area contributed by atoms with Crippen molar-refractivity contribution in [1.29, 1.82) is 0 Å². The predicted octanol–water partition coefficient (Wildman–Crippen LogP) is 2.13. The fourth-order valence-electron chi connectivity index (χ4n) is 3.16. The predicted molar refractivity (Wildman–Crippen MR) is 74.1 cm³/mol. The SMILES string of the molecule is CCc1ccsc1C(=O)N1CC2CCCNC2C1. The third-order valence-electron chi connectivity index (χ3n) is 4.21. The molecule has 1 aromatic heterocycles. The number of nitrogens with zero attached hydrogens (tertiary/aromatic N) is 1. The number of aryl methyl sites for hydroxylation is 1. The number of carbonyl (C=O) groups is 1. The van der Waals surface area contributed by atoms with E-state index in [4.69, 9.17) is 0 Å². The topological polar surface area (TPSA) is 32.3 Å². The number of rotatable bonds is 2. The van der Waals surface area contributed by atoms with Gasteiger partial charge >= 0.3 is 0 Å². The second-order valence-corrected chi connectivity index (χ2v) is 6.22. The molecule has 2 unspecified atom stereocenters. The Kier molecular flexibility index (Phi) is 3.39. The Morgan fingerprint density at radius 3 is 3.22 bits per heavy atom. The Hall–Kier alpha value is -0.870. The van der Waals surface area contributed by atoms with Gasteiger partial charge in [-0.05, 0) is 48.7 Å². The summed E-state index contributed by atoms with van der Waals surface area (Å²) in [6, 6.07) is 2.62. The van der Waals surface area contributed by atoms with Crippen LogP contribution in [-0.2, 0) is 6.42 Å². The van der Waals surface area contributed by atoms with Crippen molar-refractivity contribution < 1.29 is 4.79 Å². The molecule has 2 aliphatic heterocycles. The summed E-state index contributed by atoms with van der Waals surface area (Å²) in [5, 5.41) is 5.58. The van der Waals surface area contributed by atoms with Crippen LogP contribution in [0.25, 0.3) is 0 Å². The van der Waals surface area contributed by atoms with E-state index in [1.165, 1.54) is 18.4 Å². The van der Waals surface area contributed by atoms with E-state index in [-0.39, 0.29) is 5.91 Å². The van der Waals surface area contributed by atoms with Crippen molar-refractivity contribution in [2.45, 2.75) is 32.2 Å². The second-order valence-electron chi connectivity index (χ2n) is 5.30. The maximum absolute atomic E-state index is 12.5. The van der Waals surface area contributed by atoms with Crippen molar-refractivity contribution in [2.24, 2.45) is 5.92 Å². The van der Waals surface area contributed by atoms with Crippen molar-refractivity contribution in [3.05, 3.63) is 21.9 Å². The van der Waals surface area contributed by atoms with Crippen LogP contribution in [0.4, 0.5) is 0 Å². The monoisotopic (exact) mass is 264 g/mol. The van der Waals surface area contributed by atoms with Gasteiger partial charge in [-0.2, -0.15) is 0 Å². The van der Waals surface area contributed by atoms with E-state index in [2.05, 4.69) is 23.2 Å². The molecular formula is C14H20N2OS. The first-order valence-electron chi connectivity index (χ1n) is 6.88. The first-order chi connectivity index (χ1) is 8.79. The second kappa shape index (κ2) is 5.02. The minimum absolute atomic E-state index is 0.248. The third kappa shape index (κ3) is 2.08. The van der Waals surface area contributed by atoms with Crippen molar-refractivity contribution in [2.75, 3.05) is 19.6 Å². The van der Waals surface area contributed by atoms with Crippen molar-refractivity contribution in [1.82, 2.24) is 10.2 Å². The maximum Gasteiger partial charge on any atom is 0.264 e. The van der Waals surface area contributed by atoms with Crippen molar-refractivity contribution in [3.8, 4) is 0 Å². The molecule has 0 aromatic carbocycles. The zero-order valence-corrected chi connectivity index (χ0v) is 11.6. The van der Waals surface area contributed by atoms with E-state index in [1.54, 1.807) is 11.3 Å². The highest BCUT2D eigenvalue weighted by Crippen LogP contribution is 2.28. The standard InChI is InChI=1S/C14H20N2OS/c1-2-10-5-7-18-13(10)14(17)16-8-11-4-3-6-15-12(11)9-16/h5,7,11-12,15H,2-4,6,8-9H2,1H3. The number of hydrogen-bond acceptors (Lipinski definition) is 3. The van der Waals surface area contributed by atoms with Gasteiger partial charge in [-0.25, -0.2) is 0 Å². The number of likely N-dealkylation sites (tertiary alicyclic amines) is 1. The highest BCUT2D eigenvalue weighted by atomic mass is 32.1. The van der Waals surface area contributed by atoms with E-state index < -0.39 is 0 Å². The Morgan fingerprint density at radius 1 is 1.56 bits per heavy atom. The first-order valence-corrected chi connectivity index (χ1v) is 7.76. The lowest BCUT2D eigenvalue weighted by atomic mass is 9.94. The van der Waals surface area contributed by atoms with Gasteiger partial charge in [-0.1, -0.05) is 6.92 Å². The van der Waals surface area contributed by atoms with E-state index in [9.17, 15) is 4.79 Å². The Bertz CT molecular complexity index is 429. The van der Waals surface area contributed by atoms with Crippen LogP contribution in [0.1, 0.15) is 35.0 Å². The molecule has 0 aliphatic carbocycles. The number of fused-ring (bicyclic) bond motifs is 1. The molecule has 18 heavy (non-hydrogen) atoms. The summed E-state index contributed by atoms with van der Waals surface area (Å²) in [5.41, 5.74) is 1.20. The lowest BCUT2D eigenvalue weighted by molar-refractivity contribution is 0.0789. The molecule has 98 valence electrons. The molecule has 0 bridgehead atoms. The number of hydrogen-bond donors (Lipinski definition) is 1. The van der Waals surface area contributed by atoms with Gasteiger partial charge in [0.15, 0.2) is 0 Å². The fraction of sp³-hybridized carbons (Fsp3) is 0.643. The fourth-order valence-corrected chi connectivity index (χ4v) is 4.12. The summed E-state index contributed by atoms with van der Waals surface area (Å²) in [5.74, 6) is 0.922. The average Bonchev–Trinajstić information content (AvgIpc) is 3.03. The minimum atomic E-state index is 0.248. The quantitative estimate of drug-likeness (QED) is 0.887. The van der Waals surface area contributed by atoms with Gasteiger partial charge < -0.3 is 10.2 Å². The summed E-state index contributed by atoms with van der Waals surface area (Å²) in [6.45, 7) is 5.06. The highest BCUT2D eigenvalue weighted by molar-refractivity contribution is 7.12. The van der Waals surface area contributed by atoms with Crippen LogP contribution in [-0.4, -0.2) is 36.5 Å². The summed E-state index contributed by atoms with van der Waals surface area (Å²) in [6.07, 6.45) is 3.47. The zero-order chi connectivity index (χ0) is 12.5. The number of carbonyl (C=O) groups excluding carboxylic acids is 1. The number of thiophene rings is 1. The van der Waals surface area contributed by atoms with Crippen molar-refractivity contribution in [3.63, 3.8) is 0 Å². The molecule has 2 saturated heterocycles. The zero-order valence-electron chi connectivity index (χ0n) is 10.8. The van der Waals surface area contributed by atoms with Crippen LogP contribution in [0.2, 0.25) is 0 Å². The lowest BCUT2D eigenvalue weighted by Gasteiger charge is -2.24. The normalized spacial score (nSPS) is 27.3. The van der Waals surface area contributed by atoms with Gasteiger partial charge in [0.25, 0.3) is 5.91 Å². The molecule has 2 aliphatic rings. The van der Waals surface area contributed by atoms with Crippen LogP contribution >= 0.6 is 11.3 Å². The highest BCUT2D eigenvalue weighted by Gasteiger charge is 2.37. The largest absolute Gasteiger partial charge is 0.336 e. The van der Waals surface area contributed by atoms with Gasteiger partial charge in [0.05, 0.1) is 4.88 Å². The molecule has 3 rings (SSSR count). The van der Waals surface area contributed by atoms with Crippen LogP contribution in [0.3, 0.4) is 0 Å². The molecular weight excluding hydrogens is 244 g/mol. The van der Waals surface area contributed by atoms with Gasteiger partial charge in [0.1, 0.15) is 0 Å². The smallest absolute Gasteiger partial charge is 0.264 e. The maximum atomic E-state index is 12.5. The van der Waals surface area contributed by atoms with Crippen LogP contribution < -0.4 is 5.32 Å². The molecule has 0 radical (unpaired) electrons. The molecule has 3 heterocycles. The molecule has 0 spiro atoms. The molecule has 3 nitrogen and oxygen atoms in total. The number of nitrogens with one attached hydrogen (secondary N) is 1. The van der Waals surface area contributed by atoms with Gasteiger partial charge in [-0.15, -0.1) is 11.3 Å². The molecule has 2 atom stereocenters. The van der Waals surface area contributed by atoms with Gasteiger partial charge in [-0.3, -0.25) is 4.79 Å². The lowest BCUT2D eigenvalue weighted by Crippen LogP contribution is -2.41. The average molecular weight is 264 g/mol.